The lowest BCUT2D eigenvalue weighted by molar-refractivity contribution is 0.625. The molecule has 0 unspecified atom stereocenters. The molecule has 36 heavy (non-hydrogen) atoms. The summed E-state index contributed by atoms with van der Waals surface area (Å²) in [7, 11) is 0. The summed E-state index contributed by atoms with van der Waals surface area (Å²) in [6, 6.07) is 21.5. The number of hydrogen-bond acceptors (Lipinski definition) is 2. The Balaban J connectivity index is 1.34. The standard InChI is InChI=1S/C30H28N6/c1-3-11-21(12-4-1)25-19-35-29-23(25)15-7-9-17-33(29)27(31-35)28-32-36-20-26(22-13-5-2-6-14-22)24-16-8-10-18-34(28)30(24)36/h1-6,11-14,19-20H,7-10,15-18H2. The van der Waals surface area contributed by atoms with Crippen molar-refractivity contribution in [2.75, 3.05) is 0 Å². The molecule has 0 N–H and O–H groups in total. The maximum absolute atomic E-state index is 5.17. The van der Waals surface area contributed by atoms with Crippen LogP contribution in [0.1, 0.15) is 36.8 Å². The van der Waals surface area contributed by atoms with Gasteiger partial charge in [-0.15, -0.1) is 10.2 Å². The Labute approximate surface area is 209 Å². The first kappa shape index (κ1) is 20.2. The Hall–Kier alpha value is -4.06. The Morgan fingerprint density at radius 2 is 0.972 bits per heavy atom. The van der Waals surface area contributed by atoms with Crippen molar-refractivity contribution in [2.45, 2.75) is 51.6 Å². The van der Waals surface area contributed by atoms with Crippen LogP contribution < -0.4 is 0 Å². The Morgan fingerprint density at radius 3 is 1.42 bits per heavy atom. The average molecular weight is 473 g/mol. The molecule has 2 aliphatic rings. The van der Waals surface area contributed by atoms with Gasteiger partial charge < -0.3 is 9.13 Å². The van der Waals surface area contributed by atoms with Gasteiger partial charge in [0.2, 0.25) is 0 Å². The number of hydrogen-bond donors (Lipinski definition) is 0. The smallest absolute Gasteiger partial charge is 0.200 e. The van der Waals surface area contributed by atoms with Crippen molar-refractivity contribution in [1.82, 2.24) is 28.4 Å². The van der Waals surface area contributed by atoms with E-state index in [0.29, 0.717) is 0 Å². The summed E-state index contributed by atoms with van der Waals surface area (Å²) in [6.45, 7) is 1.96. The van der Waals surface area contributed by atoms with Crippen molar-refractivity contribution in [3.8, 4) is 33.9 Å². The molecule has 4 aromatic heterocycles. The van der Waals surface area contributed by atoms with Crippen LogP contribution in [-0.2, 0) is 25.9 Å². The minimum atomic E-state index is 0.980. The lowest BCUT2D eigenvalue weighted by Gasteiger charge is -2.08. The molecular formula is C30H28N6. The van der Waals surface area contributed by atoms with E-state index in [-0.39, 0.29) is 0 Å². The molecular weight excluding hydrogens is 444 g/mol. The molecule has 0 bridgehead atoms. The zero-order valence-corrected chi connectivity index (χ0v) is 20.3. The van der Waals surface area contributed by atoms with E-state index in [1.807, 2.05) is 0 Å². The van der Waals surface area contributed by atoms with Gasteiger partial charge in [-0.05, 0) is 49.7 Å². The third-order valence-corrected chi connectivity index (χ3v) is 8.04. The maximum Gasteiger partial charge on any atom is 0.200 e. The lowest BCUT2D eigenvalue weighted by atomic mass is 10.0. The average Bonchev–Trinajstić information content (AvgIpc) is 3.55. The highest BCUT2D eigenvalue weighted by Crippen LogP contribution is 2.37. The predicted molar refractivity (Wildman–Crippen MR) is 142 cm³/mol. The highest BCUT2D eigenvalue weighted by Gasteiger charge is 2.28. The van der Waals surface area contributed by atoms with Gasteiger partial charge in [-0.1, -0.05) is 60.7 Å². The first-order valence-electron chi connectivity index (χ1n) is 13.2. The van der Waals surface area contributed by atoms with Crippen molar-refractivity contribution in [3.63, 3.8) is 0 Å². The van der Waals surface area contributed by atoms with Gasteiger partial charge in [0.1, 0.15) is 11.3 Å². The van der Waals surface area contributed by atoms with Crippen molar-refractivity contribution in [1.29, 1.82) is 0 Å². The molecule has 2 aromatic carbocycles. The Kier molecular flexibility index (Phi) is 4.32. The SMILES string of the molecule is c1ccc(-c2cn3nc(-c4nn5cc(-c6ccccc6)c6c5n4CCCC6)n4c3c2CCCC4)cc1. The highest BCUT2D eigenvalue weighted by atomic mass is 15.4. The van der Waals surface area contributed by atoms with Crippen molar-refractivity contribution in [2.24, 2.45) is 0 Å². The van der Waals surface area contributed by atoms with Crippen molar-refractivity contribution >= 4 is 11.3 Å². The van der Waals surface area contributed by atoms with Crippen LogP contribution >= 0.6 is 0 Å². The summed E-state index contributed by atoms with van der Waals surface area (Å²) in [6.07, 6.45) is 11.3. The fraction of sp³-hybridized carbons (Fsp3) is 0.267. The molecule has 0 spiro atoms. The quantitative estimate of drug-likeness (QED) is 0.305. The van der Waals surface area contributed by atoms with Gasteiger partial charge in [0.15, 0.2) is 11.6 Å². The van der Waals surface area contributed by atoms with Crippen molar-refractivity contribution in [3.05, 3.63) is 84.2 Å². The number of nitrogens with zero attached hydrogens (tertiary/aromatic N) is 6. The van der Waals surface area contributed by atoms with Gasteiger partial charge in [-0.3, -0.25) is 0 Å². The summed E-state index contributed by atoms with van der Waals surface area (Å²) in [5, 5.41) is 10.3. The van der Waals surface area contributed by atoms with Gasteiger partial charge in [0, 0.05) is 47.7 Å². The third-order valence-electron chi connectivity index (χ3n) is 8.04. The zero-order chi connectivity index (χ0) is 23.6. The van der Waals surface area contributed by atoms with Crippen LogP contribution in [0.5, 0.6) is 0 Å². The molecule has 2 aliphatic heterocycles. The molecule has 0 atom stereocenters. The minimum absolute atomic E-state index is 0.980. The zero-order valence-electron chi connectivity index (χ0n) is 20.3. The third kappa shape index (κ3) is 2.84. The summed E-state index contributed by atoms with van der Waals surface area (Å²) < 4.78 is 9.09. The molecule has 6 heterocycles. The van der Waals surface area contributed by atoms with E-state index in [1.165, 1.54) is 57.5 Å². The normalized spacial score (nSPS) is 15.4. The van der Waals surface area contributed by atoms with Crippen LogP contribution in [0.25, 0.3) is 45.2 Å². The van der Waals surface area contributed by atoms with Crippen LogP contribution in [0.3, 0.4) is 0 Å². The van der Waals surface area contributed by atoms with Crippen molar-refractivity contribution < 1.29 is 0 Å². The molecule has 0 aliphatic carbocycles. The minimum Gasteiger partial charge on any atom is -0.306 e. The van der Waals surface area contributed by atoms with Gasteiger partial charge in [-0.2, -0.15) is 0 Å². The van der Waals surface area contributed by atoms with Gasteiger partial charge in [0.05, 0.1) is 0 Å². The molecule has 0 fully saturated rings. The summed E-state index contributed by atoms with van der Waals surface area (Å²) in [5.74, 6) is 1.98. The predicted octanol–water partition coefficient (Wildman–Crippen LogP) is 6.26. The second-order valence-electron chi connectivity index (χ2n) is 10.2. The van der Waals surface area contributed by atoms with E-state index < -0.39 is 0 Å². The largest absolute Gasteiger partial charge is 0.306 e. The van der Waals surface area contributed by atoms with Crippen LogP contribution in [0.15, 0.2) is 73.1 Å². The molecule has 8 rings (SSSR count). The lowest BCUT2D eigenvalue weighted by Crippen LogP contribution is -2.06. The molecule has 6 aromatic rings. The van der Waals surface area contributed by atoms with Crippen LogP contribution in [0.4, 0.5) is 0 Å². The second-order valence-corrected chi connectivity index (χ2v) is 10.2. The van der Waals surface area contributed by atoms with E-state index in [2.05, 4.69) is 91.2 Å². The van der Waals surface area contributed by atoms with E-state index in [9.17, 15) is 0 Å². The van der Waals surface area contributed by atoms with Crippen LogP contribution in [-0.4, -0.2) is 28.4 Å². The van der Waals surface area contributed by atoms with Gasteiger partial charge in [-0.25, -0.2) is 9.03 Å². The summed E-state index contributed by atoms with van der Waals surface area (Å²) in [5.41, 5.74) is 10.5. The van der Waals surface area contributed by atoms with Gasteiger partial charge in [0.25, 0.3) is 0 Å². The molecule has 6 nitrogen and oxygen atoms in total. The fourth-order valence-electron chi connectivity index (χ4n) is 6.40. The fourth-order valence-corrected chi connectivity index (χ4v) is 6.40. The van der Waals surface area contributed by atoms with E-state index in [1.54, 1.807) is 0 Å². The summed E-state index contributed by atoms with van der Waals surface area (Å²) >= 11 is 0. The van der Waals surface area contributed by atoms with Crippen LogP contribution in [0, 0.1) is 0 Å². The Morgan fingerprint density at radius 1 is 0.528 bits per heavy atom. The first-order valence-corrected chi connectivity index (χ1v) is 13.2. The molecule has 178 valence electrons. The van der Waals surface area contributed by atoms with E-state index in [0.717, 1.165) is 50.4 Å². The molecule has 0 saturated carbocycles. The van der Waals surface area contributed by atoms with Crippen LogP contribution in [0.2, 0.25) is 0 Å². The molecule has 0 radical (unpaired) electrons. The van der Waals surface area contributed by atoms with E-state index >= 15 is 0 Å². The number of benzene rings is 2. The number of rotatable bonds is 3. The topological polar surface area (TPSA) is 44.5 Å². The van der Waals surface area contributed by atoms with E-state index in [4.69, 9.17) is 10.2 Å². The Bertz CT molecular complexity index is 1600. The molecule has 0 amide bonds. The first-order chi connectivity index (χ1) is 17.9. The van der Waals surface area contributed by atoms with Gasteiger partial charge >= 0.3 is 0 Å². The second kappa shape index (κ2) is 7.72. The highest BCUT2D eigenvalue weighted by molar-refractivity contribution is 5.78. The monoisotopic (exact) mass is 472 g/mol. The molecule has 6 heteroatoms. The number of aryl methyl sites for hydroxylation is 4. The maximum atomic E-state index is 5.17. The number of aromatic nitrogens is 6. The molecule has 0 saturated heterocycles. The summed E-state index contributed by atoms with van der Waals surface area (Å²) in [4.78, 5) is 0.